The molecular formula is C15H19NO3S. The van der Waals surface area contributed by atoms with E-state index in [-0.39, 0.29) is 30.1 Å². The highest BCUT2D eigenvalue weighted by molar-refractivity contribution is 7.12. The molecule has 1 amide bonds. The van der Waals surface area contributed by atoms with E-state index in [1.165, 1.54) is 11.3 Å². The summed E-state index contributed by atoms with van der Waals surface area (Å²) in [5.41, 5.74) is 0.612. The summed E-state index contributed by atoms with van der Waals surface area (Å²) < 4.78 is 5.38. The van der Waals surface area contributed by atoms with Gasteiger partial charge in [0, 0.05) is 24.1 Å². The van der Waals surface area contributed by atoms with Crippen molar-refractivity contribution in [2.45, 2.75) is 32.4 Å². The molecule has 1 aliphatic rings. The number of hydrogen-bond donors (Lipinski definition) is 2. The summed E-state index contributed by atoms with van der Waals surface area (Å²) in [6, 6.07) is 1.91. The van der Waals surface area contributed by atoms with Gasteiger partial charge in [-0.2, -0.15) is 0 Å². The fraction of sp³-hybridized carbons (Fsp3) is 0.533. The number of amides is 1. The van der Waals surface area contributed by atoms with Crippen molar-refractivity contribution in [1.82, 2.24) is 5.32 Å². The van der Waals surface area contributed by atoms with Gasteiger partial charge in [0.2, 0.25) is 0 Å². The second-order valence-corrected chi connectivity index (χ2v) is 6.35. The largest absolute Gasteiger partial charge is 0.384 e. The molecule has 2 N–H and O–H groups in total. The van der Waals surface area contributed by atoms with Gasteiger partial charge in [0.15, 0.2) is 0 Å². The minimum Gasteiger partial charge on any atom is -0.384 e. The van der Waals surface area contributed by atoms with Crippen molar-refractivity contribution in [2.24, 2.45) is 5.41 Å². The molecule has 20 heavy (non-hydrogen) atoms. The smallest absolute Gasteiger partial charge is 0.262 e. The first-order valence-corrected chi connectivity index (χ1v) is 7.39. The van der Waals surface area contributed by atoms with Gasteiger partial charge in [0.05, 0.1) is 6.10 Å². The molecule has 2 rings (SSSR count). The SMILES string of the molecule is COC1CC(NC(=O)c2sccc2C#CCO)C1(C)C. The minimum atomic E-state index is -0.206. The maximum atomic E-state index is 12.3. The molecule has 1 heterocycles. The van der Waals surface area contributed by atoms with E-state index >= 15 is 0 Å². The fourth-order valence-corrected chi connectivity index (χ4v) is 3.22. The highest BCUT2D eigenvalue weighted by Gasteiger charge is 2.49. The average molecular weight is 293 g/mol. The van der Waals surface area contributed by atoms with Crippen LogP contribution in [0.4, 0.5) is 0 Å². The Labute approximate surface area is 123 Å². The zero-order valence-corrected chi connectivity index (χ0v) is 12.7. The summed E-state index contributed by atoms with van der Waals surface area (Å²) >= 11 is 1.36. The number of aliphatic hydroxyl groups is 1. The third-order valence-corrected chi connectivity index (χ3v) is 4.85. The van der Waals surface area contributed by atoms with E-state index in [0.29, 0.717) is 10.4 Å². The van der Waals surface area contributed by atoms with Crippen molar-refractivity contribution in [3.63, 3.8) is 0 Å². The third kappa shape index (κ3) is 2.73. The van der Waals surface area contributed by atoms with Crippen LogP contribution in [0.15, 0.2) is 11.4 Å². The predicted molar refractivity (Wildman–Crippen MR) is 78.7 cm³/mol. The molecule has 2 atom stereocenters. The van der Waals surface area contributed by atoms with Crippen molar-refractivity contribution in [3.8, 4) is 11.8 Å². The van der Waals surface area contributed by atoms with E-state index < -0.39 is 0 Å². The Morgan fingerprint density at radius 1 is 1.65 bits per heavy atom. The maximum Gasteiger partial charge on any atom is 0.262 e. The molecule has 4 nitrogen and oxygen atoms in total. The normalized spacial score (nSPS) is 23.4. The molecule has 0 aromatic carbocycles. The third-order valence-electron chi connectivity index (χ3n) is 3.94. The van der Waals surface area contributed by atoms with E-state index in [9.17, 15) is 4.79 Å². The number of nitrogens with one attached hydrogen (secondary N) is 1. The zero-order valence-electron chi connectivity index (χ0n) is 11.9. The summed E-state index contributed by atoms with van der Waals surface area (Å²) in [6.45, 7) is 3.98. The summed E-state index contributed by atoms with van der Waals surface area (Å²) in [6.07, 6.45) is 1.02. The molecule has 5 heteroatoms. The minimum absolute atomic E-state index is 0.0569. The van der Waals surface area contributed by atoms with Crippen LogP contribution < -0.4 is 5.32 Å². The lowest BCUT2D eigenvalue weighted by molar-refractivity contribution is -0.0942. The first-order chi connectivity index (χ1) is 9.50. The van der Waals surface area contributed by atoms with Crippen LogP contribution in [0.25, 0.3) is 0 Å². The molecule has 0 aliphatic heterocycles. The standard InChI is InChI=1S/C15H19NO3S/c1-15(2)11(9-12(15)19-3)16-14(18)13-10(5-4-7-17)6-8-20-13/h6,8,11-12,17H,7,9H2,1-3H3,(H,16,18). The van der Waals surface area contributed by atoms with Crippen LogP contribution in [0.2, 0.25) is 0 Å². The van der Waals surface area contributed by atoms with Gasteiger partial charge in [-0.25, -0.2) is 0 Å². The summed E-state index contributed by atoms with van der Waals surface area (Å²) in [4.78, 5) is 12.9. The van der Waals surface area contributed by atoms with Gasteiger partial charge < -0.3 is 15.2 Å². The monoisotopic (exact) mass is 293 g/mol. The predicted octanol–water partition coefficient (Wildman–Crippen LogP) is 1.64. The van der Waals surface area contributed by atoms with Crippen molar-refractivity contribution in [2.75, 3.05) is 13.7 Å². The average Bonchev–Trinajstić information content (AvgIpc) is 2.88. The molecular weight excluding hydrogens is 274 g/mol. The van der Waals surface area contributed by atoms with Gasteiger partial charge in [-0.15, -0.1) is 11.3 Å². The van der Waals surface area contributed by atoms with Crippen LogP contribution in [-0.4, -0.2) is 36.9 Å². The molecule has 0 spiro atoms. The van der Waals surface area contributed by atoms with Crippen molar-refractivity contribution < 1.29 is 14.6 Å². The van der Waals surface area contributed by atoms with Gasteiger partial charge in [-0.05, 0) is 17.9 Å². The first-order valence-electron chi connectivity index (χ1n) is 6.51. The molecule has 2 unspecified atom stereocenters. The van der Waals surface area contributed by atoms with Crippen molar-refractivity contribution in [3.05, 3.63) is 21.9 Å². The van der Waals surface area contributed by atoms with E-state index in [0.717, 1.165) is 6.42 Å². The summed E-state index contributed by atoms with van der Waals surface area (Å²) in [5.74, 6) is 5.27. The van der Waals surface area contributed by atoms with Crippen molar-refractivity contribution >= 4 is 17.2 Å². The molecule has 1 aromatic rings. The Bertz CT molecular complexity index is 553. The highest BCUT2D eigenvalue weighted by Crippen LogP contribution is 2.42. The second-order valence-electron chi connectivity index (χ2n) is 5.43. The quantitative estimate of drug-likeness (QED) is 0.833. The number of ether oxygens (including phenoxy) is 1. The lowest BCUT2D eigenvalue weighted by atomic mass is 9.64. The van der Waals surface area contributed by atoms with Crippen LogP contribution in [0.5, 0.6) is 0 Å². The number of hydrogen-bond acceptors (Lipinski definition) is 4. The lowest BCUT2D eigenvalue weighted by Gasteiger charge is -2.51. The Morgan fingerprint density at radius 2 is 2.40 bits per heavy atom. The second kappa shape index (κ2) is 5.96. The number of carbonyl (C=O) groups excluding carboxylic acids is 1. The molecule has 0 saturated heterocycles. The highest BCUT2D eigenvalue weighted by atomic mass is 32.1. The van der Waals surface area contributed by atoms with E-state index in [4.69, 9.17) is 9.84 Å². The van der Waals surface area contributed by atoms with Gasteiger partial charge in [-0.3, -0.25) is 4.79 Å². The molecule has 0 bridgehead atoms. The number of carbonyl (C=O) groups is 1. The van der Waals surface area contributed by atoms with Crippen molar-refractivity contribution in [1.29, 1.82) is 0 Å². The molecule has 108 valence electrons. The Morgan fingerprint density at radius 3 is 3.00 bits per heavy atom. The molecule has 0 radical (unpaired) electrons. The number of aliphatic hydroxyl groups excluding tert-OH is 1. The summed E-state index contributed by atoms with van der Waals surface area (Å²) in [5, 5.41) is 13.6. The molecule has 1 aliphatic carbocycles. The van der Waals surface area contributed by atoms with Gasteiger partial charge in [-0.1, -0.05) is 25.7 Å². The fourth-order valence-electron chi connectivity index (χ4n) is 2.47. The Kier molecular flexibility index (Phi) is 4.48. The van der Waals surface area contributed by atoms with Crippen LogP contribution in [0, 0.1) is 17.3 Å². The van der Waals surface area contributed by atoms with Gasteiger partial charge in [0.25, 0.3) is 5.91 Å². The number of methoxy groups -OCH3 is 1. The van der Waals surface area contributed by atoms with Crippen LogP contribution in [-0.2, 0) is 4.74 Å². The van der Waals surface area contributed by atoms with E-state index in [1.54, 1.807) is 13.2 Å². The first kappa shape index (κ1) is 15.0. The molecule has 1 fully saturated rings. The molecule has 1 saturated carbocycles. The van der Waals surface area contributed by atoms with E-state index in [1.807, 2.05) is 5.38 Å². The number of thiophene rings is 1. The van der Waals surface area contributed by atoms with Crippen LogP contribution in [0.3, 0.4) is 0 Å². The van der Waals surface area contributed by atoms with Gasteiger partial charge >= 0.3 is 0 Å². The lowest BCUT2D eigenvalue weighted by Crippen LogP contribution is -2.61. The van der Waals surface area contributed by atoms with Gasteiger partial charge in [0.1, 0.15) is 11.5 Å². The Hall–Kier alpha value is -1.35. The summed E-state index contributed by atoms with van der Waals surface area (Å²) in [7, 11) is 1.70. The Balaban J connectivity index is 2.05. The number of rotatable bonds is 3. The topological polar surface area (TPSA) is 58.6 Å². The van der Waals surface area contributed by atoms with Crippen LogP contribution >= 0.6 is 11.3 Å². The maximum absolute atomic E-state index is 12.3. The van der Waals surface area contributed by atoms with E-state index in [2.05, 4.69) is 31.0 Å². The van der Waals surface area contributed by atoms with Crippen LogP contribution in [0.1, 0.15) is 35.5 Å². The zero-order chi connectivity index (χ0) is 14.8. The molecule has 1 aromatic heterocycles.